The smallest absolute Gasteiger partial charge is 0.184 e. The van der Waals surface area contributed by atoms with Gasteiger partial charge in [-0.05, 0) is 13.3 Å². The van der Waals surface area contributed by atoms with E-state index in [1.807, 2.05) is 0 Å². The van der Waals surface area contributed by atoms with E-state index in [-0.39, 0.29) is 0 Å². The van der Waals surface area contributed by atoms with Crippen molar-refractivity contribution >= 4 is 10.1 Å². The van der Waals surface area contributed by atoms with E-state index in [1.54, 1.807) is 6.92 Å². The fraction of sp³-hybridized carbons (Fsp3) is 1.00. The Morgan fingerprint density at radius 3 is 1.54 bits per heavy atom. The first kappa shape index (κ1) is 25.9. The number of hydrogen-bond donors (Lipinski definition) is 4. The molecule has 0 aliphatic rings. The van der Waals surface area contributed by atoms with Crippen LogP contribution in [0.4, 0.5) is 0 Å². The lowest BCUT2D eigenvalue weighted by molar-refractivity contribution is -1.38. The molecule has 0 saturated carbocycles. The maximum Gasteiger partial charge on any atom is 0.184 e. The Bertz CT molecular complexity index is 371. The van der Waals surface area contributed by atoms with Gasteiger partial charge in [-0.15, -0.1) is 15.6 Å². The van der Waals surface area contributed by atoms with Crippen molar-refractivity contribution in [2.45, 2.75) is 90.5 Å². The third-order valence-corrected chi connectivity index (χ3v) is 4.18. The lowest BCUT2D eigenvalue weighted by Gasteiger charge is -2.18. The van der Waals surface area contributed by atoms with Gasteiger partial charge in [-0.1, -0.05) is 64.7 Å². The first-order valence-electron chi connectivity index (χ1n) is 8.75. The van der Waals surface area contributed by atoms with Crippen molar-refractivity contribution in [1.82, 2.24) is 0 Å². The molecule has 0 bridgehead atoms. The van der Waals surface area contributed by atoms with Gasteiger partial charge in [-0.2, -0.15) is 0 Å². The summed E-state index contributed by atoms with van der Waals surface area (Å²) in [6.45, 7) is 3.87. The van der Waals surface area contributed by atoms with Crippen molar-refractivity contribution < 1.29 is 33.6 Å². The summed E-state index contributed by atoms with van der Waals surface area (Å²) in [5, 5.41) is 26.6. The van der Waals surface area contributed by atoms with Gasteiger partial charge >= 0.3 is 0 Å². The summed E-state index contributed by atoms with van der Waals surface area (Å²) in [6, 6.07) is -0.529. The minimum absolute atomic E-state index is 0.529. The number of unbranched alkanes of at least 4 members (excludes halogenated alkanes) is 9. The van der Waals surface area contributed by atoms with E-state index in [2.05, 4.69) is 12.7 Å². The molecular weight excluding hydrogens is 336 g/mol. The quantitative estimate of drug-likeness (QED) is 0.168. The average Bonchev–Trinajstić information content (AvgIpc) is 2.48. The van der Waals surface area contributed by atoms with Crippen molar-refractivity contribution in [3.63, 3.8) is 0 Å². The Morgan fingerprint density at radius 2 is 1.25 bits per heavy atom. The molecule has 1 unspecified atom stereocenters. The fourth-order valence-electron chi connectivity index (χ4n) is 2.10. The van der Waals surface area contributed by atoms with Crippen LogP contribution in [0.15, 0.2) is 0 Å². The minimum Gasteiger partial charge on any atom is -0.747 e. The van der Waals surface area contributed by atoms with E-state index in [9.17, 15) is 13.0 Å². The zero-order chi connectivity index (χ0) is 19.1. The van der Waals surface area contributed by atoms with Crippen LogP contribution in [0.2, 0.25) is 0 Å². The van der Waals surface area contributed by atoms with Gasteiger partial charge in [0.05, 0.1) is 10.8 Å². The van der Waals surface area contributed by atoms with E-state index >= 15 is 0 Å². The third kappa shape index (κ3) is 21.7. The van der Waals surface area contributed by atoms with Gasteiger partial charge in [0, 0.05) is 6.42 Å². The van der Waals surface area contributed by atoms with E-state index in [0.717, 1.165) is 12.8 Å². The van der Waals surface area contributed by atoms with Crippen LogP contribution < -0.4 is 5.73 Å². The van der Waals surface area contributed by atoms with E-state index < -0.39 is 27.0 Å². The van der Waals surface area contributed by atoms with Crippen molar-refractivity contribution in [2.75, 3.05) is 5.88 Å². The standard InChI is InChI=1S/C14H32NO3.CH5NO3S/c1-3-4-5-6-7-8-9-10-11-12-13-14(2)15(16,17)18;2-1-6(3,4)5/h14,16-18H,3-13H2,1-2H3;1-2H2,(H,3,4,5)/q+1;/p-1. The largest absolute Gasteiger partial charge is 0.747 e. The predicted octanol–water partition coefficient (Wildman–Crippen LogP) is 3.12. The van der Waals surface area contributed by atoms with Crippen LogP contribution in [0, 0.1) is 0 Å². The lowest BCUT2D eigenvalue weighted by atomic mass is 10.0. The number of quaternary nitrogens is 1. The molecule has 0 rings (SSSR count). The molecule has 0 aliphatic heterocycles. The Hall–Kier alpha value is -0.290. The molecule has 0 saturated heterocycles. The van der Waals surface area contributed by atoms with Crippen LogP contribution >= 0.6 is 0 Å². The second-order valence-corrected chi connectivity index (χ2v) is 7.61. The van der Waals surface area contributed by atoms with Crippen molar-refractivity contribution in [3.8, 4) is 0 Å². The minimum atomic E-state index is -4.13. The molecule has 5 N–H and O–H groups in total. The van der Waals surface area contributed by atoms with E-state index in [4.69, 9.17) is 15.6 Å². The summed E-state index contributed by atoms with van der Waals surface area (Å²) in [5.41, 5.74) is 4.41. The van der Waals surface area contributed by atoms with Crippen molar-refractivity contribution in [2.24, 2.45) is 5.73 Å². The van der Waals surface area contributed by atoms with Gasteiger partial charge in [0.15, 0.2) is 6.04 Å². The molecule has 0 aromatic carbocycles. The summed E-state index contributed by atoms with van der Waals surface area (Å²) >= 11 is 0. The van der Waals surface area contributed by atoms with Crippen LogP contribution in [0.1, 0.15) is 84.5 Å². The Labute approximate surface area is 146 Å². The molecule has 8 nitrogen and oxygen atoms in total. The van der Waals surface area contributed by atoms with Gasteiger partial charge in [0.2, 0.25) is 0 Å². The summed E-state index contributed by atoms with van der Waals surface area (Å²) in [5.74, 6) is -0.812. The SMILES string of the molecule is CCCCCCCCCCCCC(C)[N+](O)(O)O.NCS(=O)(=O)[O-]. The molecule has 0 amide bonds. The van der Waals surface area contributed by atoms with Gasteiger partial charge in [0.1, 0.15) is 10.1 Å². The number of nitrogens with two attached hydrogens (primary N) is 1. The fourth-order valence-corrected chi connectivity index (χ4v) is 2.10. The van der Waals surface area contributed by atoms with E-state index in [1.165, 1.54) is 51.4 Å². The highest BCUT2D eigenvalue weighted by Crippen LogP contribution is 2.14. The second kappa shape index (κ2) is 15.0. The van der Waals surface area contributed by atoms with Gasteiger partial charge in [-0.3, -0.25) is 0 Å². The Balaban J connectivity index is 0. The molecule has 0 heterocycles. The van der Waals surface area contributed by atoms with Crippen LogP contribution in [0.5, 0.6) is 0 Å². The Morgan fingerprint density at radius 1 is 0.917 bits per heavy atom. The topological polar surface area (TPSA) is 144 Å². The zero-order valence-electron chi connectivity index (χ0n) is 15.1. The highest BCUT2D eigenvalue weighted by atomic mass is 32.2. The normalized spacial score (nSPS) is 13.3. The van der Waals surface area contributed by atoms with Gasteiger partial charge < -0.3 is 10.3 Å². The van der Waals surface area contributed by atoms with Gasteiger partial charge in [0.25, 0.3) is 0 Å². The molecule has 0 aromatic heterocycles. The predicted molar refractivity (Wildman–Crippen MR) is 90.3 cm³/mol. The van der Waals surface area contributed by atoms with Crippen LogP contribution in [0.25, 0.3) is 0 Å². The Kier molecular flexibility index (Phi) is 16.2. The van der Waals surface area contributed by atoms with Crippen molar-refractivity contribution in [1.29, 1.82) is 0 Å². The number of hydrogen-bond acceptors (Lipinski definition) is 7. The highest BCUT2D eigenvalue weighted by molar-refractivity contribution is 7.85. The third-order valence-electron chi connectivity index (χ3n) is 3.77. The van der Waals surface area contributed by atoms with Crippen LogP contribution in [-0.2, 0) is 10.1 Å². The summed E-state index contributed by atoms with van der Waals surface area (Å²) < 4.78 is 28.0. The maximum absolute atomic E-state index is 9.32. The molecule has 1 atom stereocenters. The molecule has 0 spiro atoms. The number of rotatable bonds is 13. The molecule has 0 aliphatic carbocycles. The van der Waals surface area contributed by atoms with Crippen LogP contribution in [-0.4, -0.2) is 45.5 Å². The summed E-state index contributed by atoms with van der Waals surface area (Å²) in [7, 11) is -4.13. The number of nitrogens with zero attached hydrogens (tertiary/aromatic N) is 1. The highest BCUT2D eigenvalue weighted by Gasteiger charge is 2.28. The van der Waals surface area contributed by atoms with Gasteiger partial charge in [-0.25, -0.2) is 8.42 Å². The van der Waals surface area contributed by atoms with E-state index in [0.29, 0.717) is 6.42 Å². The molecule has 9 heteroatoms. The maximum atomic E-state index is 9.32. The molecule has 24 heavy (non-hydrogen) atoms. The first-order valence-corrected chi connectivity index (χ1v) is 10.3. The second-order valence-electron chi connectivity index (χ2n) is 6.16. The average molecular weight is 373 g/mol. The molecule has 148 valence electrons. The summed E-state index contributed by atoms with van der Waals surface area (Å²) in [6.07, 6.45) is 13.3. The molecule has 0 radical (unpaired) electrons. The zero-order valence-corrected chi connectivity index (χ0v) is 15.9. The number of hydroxylamine groups is 3. The van der Waals surface area contributed by atoms with Crippen LogP contribution in [0.3, 0.4) is 0 Å². The first-order chi connectivity index (χ1) is 11.0. The summed E-state index contributed by atoms with van der Waals surface area (Å²) in [4.78, 5) is -1.89. The molecular formula is C15H36N2O6S. The molecule has 0 aromatic rings. The monoisotopic (exact) mass is 372 g/mol. The molecule has 0 fully saturated rings. The van der Waals surface area contributed by atoms with Crippen molar-refractivity contribution in [3.05, 3.63) is 0 Å². The lowest BCUT2D eigenvalue weighted by Crippen LogP contribution is -2.45.